The van der Waals surface area contributed by atoms with Crippen LogP contribution in [-0.4, -0.2) is 50.8 Å². The Morgan fingerprint density at radius 1 is 1.57 bits per heavy atom. The largest absolute Gasteiger partial charge is 0.459 e. The van der Waals surface area contributed by atoms with Gasteiger partial charge in [-0.25, -0.2) is 4.98 Å². The molecule has 1 aliphatic rings. The summed E-state index contributed by atoms with van der Waals surface area (Å²) in [5, 5.41) is 6.87. The van der Waals surface area contributed by atoms with E-state index in [0.717, 1.165) is 38.2 Å². The molecule has 0 amide bonds. The van der Waals surface area contributed by atoms with Gasteiger partial charge in [0, 0.05) is 12.5 Å². The van der Waals surface area contributed by atoms with Gasteiger partial charge < -0.3 is 4.74 Å². The van der Waals surface area contributed by atoms with Gasteiger partial charge in [-0.15, -0.1) is 0 Å². The normalized spacial score (nSPS) is 22.0. The van der Waals surface area contributed by atoms with Crippen molar-refractivity contribution in [3.8, 4) is 0 Å². The van der Waals surface area contributed by atoms with Gasteiger partial charge in [-0.3, -0.25) is 14.8 Å². The lowest BCUT2D eigenvalue weighted by molar-refractivity contribution is -0.162. The summed E-state index contributed by atoms with van der Waals surface area (Å²) in [5.41, 5.74) is -0.440. The number of nitrogens with zero attached hydrogens (tertiary/aromatic N) is 3. The van der Waals surface area contributed by atoms with Gasteiger partial charge in [0.05, 0.1) is 0 Å². The van der Waals surface area contributed by atoms with Crippen molar-refractivity contribution in [3.63, 3.8) is 0 Å². The van der Waals surface area contributed by atoms with Crippen LogP contribution in [0.3, 0.4) is 0 Å². The lowest BCUT2D eigenvalue weighted by Crippen LogP contribution is -2.48. The Morgan fingerprint density at radius 2 is 2.33 bits per heavy atom. The Morgan fingerprint density at radius 3 is 2.90 bits per heavy atom. The van der Waals surface area contributed by atoms with Crippen LogP contribution in [0, 0.1) is 0 Å². The molecule has 2 heterocycles. The highest BCUT2D eigenvalue weighted by molar-refractivity contribution is 5.76. The number of esters is 1. The molecule has 2 atom stereocenters. The first kappa shape index (κ1) is 15.9. The number of piperidine rings is 1. The number of hydrogen-bond acceptors (Lipinski definition) is 5. The predicted molar refractivity (Wildman–Crippen MR) is 79.9 cm³/mol. The molecule has 0 spiro atoms. The third kappa shape index (κ3) is 4.27. The molecule has 1 saturated heterocycles. The molecule has 1 fully saturated rings. The van der Waals surface area contributed by atoms with Crippen LogP contribution in [0.4, 0.5) is 0 Å². The zero-order valence-corrected chi connectivity index (χ0v) is 13.4. The topological polar surface area (TPSA) is 71.1 Å². The molecule has 6 nitrogen and oxygen atoms in total. The monoisotopic (exact) mass is 294 g/mol. The van der Waals surface area contributed by atoms with Crippen LogP contribution in [0.2, 0.25) is 0 Å². The lowest BCUT2D eigenvalue weighted by Gasteiger charge is -2.37. The predicted octanol–water partition coefficient (Wildman–Crippen LogP) is 2.10. The van der Waals surface area contributed by atoms with Crippen molar-refractivity contribution in [2.24, 2.45) is 0 Å². The second-order valence-electron chi connectivity index (χ2n) is 6.66. The highest BCUT2D eigenvalue weighted by Gasteiger charge is 2.33. The minimum absolute atomic E-state index is 0.122. The summed E-state index contributed by atoms with van der Waals surface area (Å²) >= 11 is 0. The van der Waals surface area contributed by atoms with E-state index >= 15 is 0 Å². The molecule has 0 aromatic carbocycles. The number of carbonyl (C=O) groups excluding carboxylic acids is 1. The summed E-state index contributed by atoms with van der Waals surface area (Å²) in [5.74, 6) is 1.11. The maximum Gasteiger partial charge on any atom is 0.323 e. The molecule has 0 unspecified atom stereocenters. The second-order valence-corrected chi connectivity index (χ2v) is 6.66. The summed E-state index contributed by atoms with van der Waals surface area (Å²) in [6.07, 6.45) is 4.44. The molecule has 1 N–H and O–H groups in total. The van der Waals surface area contributed by atoms with Crippen LogP contribution < -0.4 is 0 Å². The Balaban J connectivity index is 2.02. The quantitative estimate of drug-likeness (QED) is 0.861. The summed E-state index contributed by atoms with van der Waals surface area (Å²) < 4.78 is 5.55. The highest BCUT2D eigenvalue weighted by Crippen LogP contribution is 2.26. The van der Waals surface area contributed by atoms with Gasteiger partial charge in [-0.2, -0.15) is 5.10 Å². The van der Waals surface area contributed by atoms with Crippen LogP contribution in [0.1, 0.15) is 58.7 Å². The number of ether oxygens (including phenoxy) is 1. The minimum atomic E-state index is -0.440. The molecule has 0 saturated carbocycles. The fourth-order valence-corrected chi connectivity index (χ4v) is 2.87. The Labute approximate surface area is 126 Å². The summed E-state index contributed by atoms with van der Waals surface area (Å²) in [7, 11) is 0. The van der Waals surface area contributed by atoms with E-state index < -0.39 is 5.60 Å². The van der Waals surface area contributed by atoms with Crippen molar-refractivity contribution in [3.05, 3.63) is 12.2 Å². The van der Waals surface area contributed by atoms with Crippen molar-refractivity contribution in [2.45, 2.75) is 64.5 Å². The molecule has 2 rings (SSSR count). The van der Waals surface area contributed by atoms with Crippen LogP contribution in [0.15, 0.2) is 6.33 Å². The van der Waals surface area contributed by atoms with Crippen LogP contribution in [0.5, 0.6) is 0 Å². The average molecular weight is 294 g/mol. The van der Waals surface area contributed by atoms with E-state index in [1.54, 1.807) is 6.33 Å². The van der Waals surface area contributed by atoms with Gasteiger partial charge in [0.15, 0.2) is 0 Å². The van der Waals surface area contributed by atoms with Crippen molar-refractivity contribution >= 4 is 5.97 Å². The molecule has 21 heavy (non-hydrogen) atoms. The average Bonchev–Trinajstić information content (AvgIpc) is 2.91. The Bertz CT molecular complexity index is 453. The van der Waals surface area contributed by atoms with Crippen molar-refractivity contribution < 1.29 is 9.53 Å². The van der Waals surface area contributed by atoms with E-state index in [9.17, 15) is 4.79 Å². The van der Waals surface area contributed by atoms with Crippen molar-refractivity contribution in [1.29, 1.82) is 0 Å². The molecule has 1 aromatic rings. The van der Waals surface area contributed by atoms with E-state index in [1.807, 2.05) is 27.7 Å². The van der Waals surface area contributed by atoms with Crippen LogP contribution in [0.25, 0.3) is 0 Å². The van der Waals surface area contributed by atoms with E-state index in [2.05, 4.69) is 20.1 Å². The van der Waals surface area contributed by atoms with E-state index in [0.29, 0.717) is 5.92 Å². The van der Waals surface area contributed by atoms with E-state index in [-0.39, 0.29) is 12.0 Å². The first-order chi connectivity index (χ1) is 9.90. The van der Waals surface area contributed by atoms with E-state index in [4.69, 9.17) is 4.74 Å². The Hall–Kier alpha value is -1.43. The number of likely N-dealkylation sites (tertiary alicyclic amines) is 1. The summed E-state index contributed by atoms with van der Waals surface area (Å²) in [6, 6.07) is -0.171. The minimum Gasteiger partial charge on any atom is -0.459 e. The number of aromatic nitrogens is 3. The molecular weight excluding hydrogens is 268 g/mol. The maximum atomic E-state index is 12.4. The highest BCUT2D eigenvalue weighted by atomic mass is 16.6. The first-order valence-electron chi connectivity index (χ1n) is 7.73. The van der Waals surface area contributed by atoms with Crippen LogP contribution >= 0.6 is 0 Å². The third-order valence-corrected chi connectivity index (χ3v) is 3.78. The number of rotatable bonds is 4. The number of hydrogen-bond donors (Lipinski definition) is 1. The lowest BCUT2D eigenvalue weighted by atomic mass is 9.95. The molecule has 0 aliphatic carbocycles. The summed E-state index contributed by atoms with van der Waals surface area (Å²) in [4.78, 5) is 18.9. The van der Waals surface area contributed by atoms with Gasteiger partial charge in [0.2, 0.25) is 0 Å². The third-order valence-electron chi connectivity index (χ3n) is 3.78. The second kappa shape index (κ2) is 6.56. The molecule has 1 aromatic heterocycles. The smallest absolute Gasteiger partial charge is 0.323 e. The van der Waals surface area contributed by atoms with E-state index in [1.165, 1.54) is 0 Å². The number of aromatic amines is 1. The maximum absolute atomic E-state index is 12.4. The molecule has 0 radical (unpaired) electrons. The fourth-order valence-electron chi connectivity index (χ4n) is 2.87. The molecule has 1 aliphatic heterocycles. The van der Waals surface area contributed by atoms with Gasteiger partial charge in [0.1, 0.15) is 23.8 Å². The summed E-state index contributed by atoms with van der Waals surface area (Å²) in [6.45, 7) is 9.52. The first-order valence-corrected chi connectivity index (χ1v) is 7.73. The standard InChI is InChI=1S/C15H26N4O2/c1-5-12(14(20)21-15(2,3)4)19-8-6-7-11(9-19)13-16-10-17-18-13/h10-12H,5-9H2,1-4H3,(H,16,17,18)/t11-,12-/m1/s1. The number of carbonyl (C=O) groups is 1. The van der Waals surface area contributed by atoms with Crippen molar-refractivity contribution in [2.75, 3.05) is 13.1 Å². The van der Waals surface area contributed by atoms with Gasteiger partial charge in [0.25, 0.3) is 0 Å². The molecule has 6 heteroatoms. The van der Waals surface area contributed by atoms with Gasteiger partial charge in [-0.05, 0) is 46.6 Å². The zero-order chi connectivity index (χ0) is 15.5. The molecular formula is C15H26N4O2. The zero-order valence-electron chi connectivity index (χ0n) is 13.4. The fraction of sp³-hybridized carbons (Fsp3) is 0.800. The van der Waals surface area contributed by atoms with Crippen LogP contribution in [-0.2, 0) is 9.53 Å². The van der Waals surface area contributed by atoms with Gasteiger partial charge in [-0.1, -0.05) is 6.92 Å². The molecule has 118 valence electrons. The van der Waals surface area contributed by atoms with Gasteiger partial charge >= 0.3 is 5.97 Å². The van der Waals surface area contributed by atoms with Crippen molar-refractivity contribution in [1.82, 2.24) is 20.1 Å². The number of nitrogens with one attached hydrogen (secondary N) is 1. The molecule has 0 bridgehead atoms. The Kier molecular flexibility index (Phi) is 4.98. The number of H-pyrrole nitrogens is 1. The SMILES string of the molecule is CC[C@H](C(=O)OC(C)(C)C)N1CCC[C@@H](c2ncn[nH]2)C1.